The molecule has 2 heterocycles. The summed E-state index contributed by atoms with van der Waals surface area (Å²) in [5, 5.41) is 4.90. The highest BCUT2D eigenvalue weighted by molar-refractivity contribution is 6.33. The van der Waals surface area contributed by atoms with Crippen LogP contribution in [0, 0.1) is 6.07 Å². The molecule has 0 unspecified atom stereocenters. The van der Waals surface area contributed by atoms with Crippen LogP contribution in [-0.4, -0.2) is 9.61 Å². The minimum absolute atomic E-state index is 0.664. The average Bonchev–Trinajstić information content (AvgIpc) is 2.81. The first-order valence-corrected chi connectivity index (χ1v) is 5.33. The van der Waals surface area contributed by atoms with Gasteiger partial charge in [0.25, 0.3) is 0 Å². The van der Waals surface area contributed by atoms with Crippen molar-refractivity contribution in [3.63, 3.8) is 0 Å². The number of hydrogen-bond donors (Lipinski definition) is 0. The Kier molecular flexibility index (Phi) is 2.15. The van der Waals surface area contributed by atoms with Gasteiger partial charge in [0.2, 0.25) is 0 Å². The summed E-state index contributed by atoms with van der Waals surface area (Å²) in [7, 11) is 0. The lowest BCUT2D eigenvalue weighted by molar-refractivity contribution is 0.970. The van der Waals surface area contributed by atoms with Gasteiger partial charge in [0, 0.05) is 11.6 Å². The Hall–Kier alpha value is -1.80. The van der Waals surface area contributed by atoms with Crippen LogP contribution in [0.5, 0.6) is 0 Å². The lowest BCUT2D eigenvalue weighted by Crippen LogP contribution is -1.93. The maximum Gasteiger partial charge on any atom is 0.0934 e. The van der Waals surface area contributed by atoms with Gasteiger partial charge in [0.15, 0.2) is 0 Å². The largest absolute Gasteiger partial charge is 0.231 e. The van der Waals surface area contributed by atoms with E-state index in [-0.39, 0.29) is 0 Å². The van der Waals surface area contributed by atoms with Crippen LogP contribution in [0.15, 0.2) is 48.7 Å². The van der Waals surface area contributed by atoms with Gasteiger partial charge in [0.1, 0.15) is 0 Å². The molecule has 2 aromatic heterocycles. The third-order valence-corrected chi connectivity index (χ3v) is 2.80. The van der Waals surface area contributed by atoms with Crippen LogP contribution in [0.3, 0.4) is 0 Å². The Bertz CT molecular complexity index is 629. The van der Waals surface area contributed by atoms with Crippen LogP contribution in [0.4, 0.5) is 0 Å². The molecular formula is C13H8ClN2. The molecule has 77 valence electrons. The molecule has 0 saturated carbocycles. The summed E-state index contributed by atoms with van der Waals surface area (Å²) in [6.45, 7) is 0. The van der Waals surface area contributed by atoms with Crippen molar-refractivity contribution in [2.45, 2.75) is 0 Å². The Morgan fingerprint density at radius 2 is 1.88 bits per heavy atom. The summed E-state index contributed by atoms with van der Waals surface area (Å²) in [5.74, 6) is 0. The third-order valence-electron chi connectivity index (χ3n) is 2.50. The van der Waals surface area contributed by atoms with E-state index in [4.69, 9.17) is 11.6 Å². The third kappa shape index (κ3) is 1.39. The van der Waals surface area contributed by atoms with E-state index < -0.39 is 0 Å². The van der Waals surface area contributed by atoms with Crippen molar-refractivity contribution in [3.05, 3.63) is 59.8 Å². The summed E-state index contributed by atoms with van der Waals surface area (Å²) in [6.07, 6.45) is 1.63. The number of pyridine rings is 1. The maximum absolute atomic E-state index is 6.07. The number of benzene rings is 1. The highest BCUT2D eigenvalue weighted by Gasteiger charge is 2.06. The van der Waals surface area contributed by atoms with E-state index in [1.807, 2.05) is 42.5 Å². The van der Waals surface area contributed by atoms with Gasteiger partial charge in [-0.3, -0.25) is 0 Å². The van der Waals surface area contributed by atoms with Crippen molar-refractivity contribution in [1.82, 2.24) is 9.61 Å². The van der Waals surface area contributed by atoms with Crippen LogP contribution < -0.4 is 0 Å². The van der Waals surface area contributed by atoms with Crippen LogP contribution in [-0.2, 0) is 0 Å². The fourth-order valence-electron chi connectivity index (χ4n) is 1.75. The number of aromatic nitrogens is 2. The van der Waals surface area contributed by atoms with Gasteiger partial charge in [-0.05, 0) is 12.1 Å². The molecule has 16 heavy (non-hydrogen) atoms. The molecule has 0 spiro atoms. The minimum Gasteiger partial charge on any atom is -0.231 e. The van der Waals surface area contributed by atoms with E-state index in [9.17, 15) is 0 Å². The molecule has 0 atom stereocenters. The molecule has 3 aromatic rings. The van der Waals surface area contributed by atoms with Crippen molar-refractivity contribution >= 4 is 17.1 Å². The molecule has 0 amide bonds. The molecule has 2 nitrogen and oxygen atoms in total. The molecule has 0 bridgehead atoms. The molecule has 0 aliphatic carbocycles. The summed E-state index contributed by atoms with van der Waals surface area (Å²) in [4.78, 5) is 0. The van der Waals surface area contributed by atoms with E-state index in [1.165, 1.54) is 0 Å². The van der Waals surface area contributed by atoms with Crippen molar-refractivity contribution in [3.8, 4) is 11.3 Å². The lowest BCUT2D eigenvalue weighted by Gasteiger charge is -2.05. The number of rotatable bonds is 1. The Morgan fingerprint density at radius 3 is 2.69 bits per heavy atom. The second kappa shape index (κ2) is 3.65. The summed E-state index contributed by atoms with van der Waals surface area (Å²) in [5.41, 5.74) is 2.94. The fraction of sp³-hybridized carbons (Fsp3) is 0. The lowest BCUT2D eigenvalue weighted by atomic mass is 10.1. The van der Waals surface area contributed by atoms with E-state index in [1.54, 1.807) is 10.7 Å². The van der Waals surface area contributed by atoms with Crippen molar-refractivity contribution in [2.24, 2.45) is 0 Å². The van der Waals surface area contributed by atoms with Crippen molar-refractivity contribution in [2.75, 3.05) is 0 Å². The zero-order valence-electron chi connectivity index (χ0n) is 8.39. The molecule has 0 fully saturated rings. The minimum atomic E-state index is 0.664. The smallest absolute Gasteiger partial charge is 0.0934 e. The second-order valence-electron chi connectivity index (χ2n) is 3.48. The van der Waals surface area contributed by atoms with Crippen molar-refractivity contribution in [1.29, 1.82) is 0 Å². The van der Waals surface area contributed by atoms with Gasteiger partial charge in [-0.15, -0.1) is 0 Å². The molecule has 0 N–H and O–H groups in total. The Morgan fingerprint density at radius 1 is 1.06 bits per heavy atom. The summed E-state index contributed by atoms with van der Waals surface area (Å²) < 4.78 is 1.80. The number of nitrogens with zero attached hydrogens (tertiary/aromatic N) is 2. The first-order valence-electron chi connectivity index (χ1n) is 4.95. The first-order chi connectivity index (χ1) is 7.86. The van der Waals surface area contributed by atoms with Crippen LogP contribution in [0.1, 0.15) is 0 Å². The molecular weight excluding hydrogens is 220 g/mol. The predicted molar refractivity (Wildman–Crippen MR) is 64.5 cm³/mol. The van der Waals surface area contributed by atoms with E-state index >= 15 is 0 Å². The molecule has 0 aliphatic heterocycles. The quantitative estimate of drug-likeness (QED) is 0.622. The zero-order chi connectivity index (χ0) is 11.0. The molecule has 3 heteroatoms. The van der Waals surface area contributed by atoms with Crippen molar-refractivity contribution < 1.29 is 0 Å². The normalized spacial score (nSPS) is 10.8. The Labute approximate surface area is 98.1 Å². The predicted octanol–water partition coefficient (Wildman–Crippen LogP) is 3.45. The van der Waals surface area contributed by atoms with Gasteiger partial charge >= 0.3 is 0 Å². The second-order valence-corrected chi connectivity index (χ2v) is 3.89. The Balaban J connectivity index is 2.33. The van der Waals surface area contributed by atoms with Crippen LogP contribution >= 0.6 is 11.6 Å². The molecule has 0 saturated heterocycles. The zero-order valence-corrected chi connectivity index (χ0v) is 9.15. The number of halogens is 1. The highest BCUT2D eigenvalue weighted by atomic mass is 35.5. The molecule has 0 aliphatic rings. The molecule has 1 aromatic carbocycles. The molecule has 1 radical (unpaired) electrons. The van der Waals surface area contributed by atoms with E-state index in [0.29, 0.717) is 5.02 Å². The monoisotopic (exact) mass is 227 g/mol. The average molecular weight is 228 g/mol. The van der Waals surface area contributed by atoms with Gasteiger partial charge in [-0.2, -0.15) is 5.10 Å². The summed E-state index contributed by atoms with van der Waals surface area (Å²) >= 11 is 6.07. The topological polar surface area (TPSA) is 17.3 Å². The SMILES string of the molecule is Clc1ccc(-c2ccccc2)n2nc[c]c12. The number of hydrogen-bond acceptors (Lipinski definition) is 1. The van der Waals surface area contributed by atoms with E-state index in [0.717, 1.165) is 16.8 Å². The first kappa shape index (κ1) is 9.43. The summed E-state index contributed by atoms with van der Waals surface area (Å²) in [6, 6.07) is 16.9. The van der Waals surface area contributed by atoms with E-state index in [2.05, 4.69) is 11.2 Å². The fourth-order valence-corrected chi connectivity index (χ4v) is 1.95. The number of fused-ring (bicyclic) bond motifs is 1. The van der Waals surface area contributed by atoms with Gasteiger partial charge in [-0.25, -0.2) is 4.52 Å². The highest BCUT2D eigenvalue weighted by Crippen LogP contribution is 2.24. The van der Waals surface area contributed by atoms with Crippen LogP contribution in [0.2, 0.25) is 5.02 Å². The van der Waals surface area contributed by atoms with Gasteiger partial charge < -0.3 is 0 Å². The van der Waals surface area contributed by atoms with Gasteiger partial charge in [0.05, 0.1) is 22.4 Å². The standard InChI is InChI=1S/C13H8ClN2/c14-11-6-7-12(10-4-2-1-3-5-10)16-13(11)8-9-15-16/h1-7,9H. The van der Waals surface area contributed by atoms with Gasteiger partial charge in [-0.1, -0.05) is 41.9 Å². The maximum atomic E-state index is 6.07. The van der Waals surface area contributed by atoms with Crippen LogP contribution in [0.25, 0.3) is 16.8 Å². The molecule has 3 rings (SSSR count).